The number of hydrogen-bond donors (Lipinski definition) is 1. The van der Waals surface area contributed by atoms with Gasteiger partial charge >= 0.3 is 0 Å². The van der Waals surface area contributed by atoms with Crippen molar-refractivity contribution in [3.63, 3.8) is 0 Å². The van der Waals surface area contributed by atoms with Gasteiger partial charge in [-0.15, -0.1) is 0 Å². The van der Waals surface area contributed by atoms with Gasteiger partial charge in [0.05, 0.1) is 5.69 Å². The molecule has 0 radical (unpaired) electrons. The molecule has 4 nitrogen and oxygen atoms in total. The number of nitrogens with two attached hydrogens (primary N) is 1. The first-order valence-electron chi connectivity index (χ1n) is 7.49. The third-order valence-corrected chi connectivity index (χ3v) is 3.91. The average molecular weight is 277 g/mol. The average Bonchev–Trinajstić information content (AvgIpc) is 2.42. The molecular formula is C16H27N3O. The maximum Gasteiger partial charge on any atom is 0.142 e. The monoisotopic (exact) mass is 277 g/mol. The predicted octanol–water partition coefficient (Wildman–Crippen LogP) is 1.92. The summed E-state index contributed by atoms with van der Waals surface area (Å²) < 4.78 is 5.76. The lowest BCUT2D eigenvalue weighted by atomic mass is 9.96. The molecule has 1 aliphatic rings. The van der Waals surface area contributed by atoms with E-state index < -0.39 is 0 Å². The fourth-order valence-electron chi connectivity index (χ4n) is 2.81. The minimum absolute atomic E-state index is 0.715. The quantitative estimate of drug-likeness (QED) is 0.807. The highest BCUT2D eigenvalue weighted by molar-refractivity contribution is 5.51. The van der Waals surface area contributed by atoms with E-state index in [0.29, 0.717) is 6.61 Å². The highest BCUT2D eigenvalue weighted by atomic mass is 16.5. The maximum absolute atomic E-state index is 5.86. The summed E-state index contributed by atoms with van der Waals surface area (Å²) in [6.45, 7) is 5.29. The summed E-state index contributed by atoms with van der Waals surface area (Å²) in [5, 5.41) is 0. The number of ether oxygens (including phenoxy) is 1. The molecule has 0 saturated carbocycles. The van der Waals surface area contributed by atoms with Gasteiger partial charge in [0.25, 0.3) is 0 Å². The van der Waals surface area contributed by atoms with E-state index >= 15 is 0 Å². The summed E-state index contributed by atoms with van der Waals surface area (Å²) in [6, 6.07) is 7.69. The minimum Gasteiger partial charge on any atom is -0.490 e. The van der Waals surface area contributed by atoms with Crippen LogP contribution in [-0.2, 0) is 0 Å². The van der Waals surface area contributed by atoms with Crippen molar-refractivity contribution in [3.05, 3.63) is 24.3 Å². The second-order valence-electron chi connectivity index (χ2n) is 5.93. The van der Waals surface area contributed by atoms with E-state index in [-0.39, 0.29) is 0 Å². The predicted molar refractivity (Wildman–Crippen MR) is 84.1 cm³/mol. The molecular weight excluding hydrogens is 250 g/mol. The number of nitrogen functional groups attached to an aromatic ring is 1. The third-order valence-electron chi connectivity index (χ3n) is 3.91. The van der Waals surface area contributed by atoms with Gasteiger partial charge in [-0.25, -0.2) is 0 Å². The molecule has 0 aromatic heterocycles. The number of likely N-dealkylation sites (tertiary alicyclic amines) is 1. The molecule has 1 aromatic carbocycles. The van der Waals surface area contributed by atoms with Gasteiger partial charge in [-0.1, -0.05) is 12.1 Å². The van der Waals surface area contributed by atoms with Crippen LogP contribution in [-0.4, -0.2) is 56.7 Å². The van der Waals surface area contributed by atoms with Crippen LogP contribution in [0.5, 0.6) is 5.75 Å². The number of para-hydroxylation sites is 2. The number of nitrogens with zero attached hydrogens (tertiary/aromatic N) is 2. The standard InChI is InChI=1S/C16H27N3O/c1-18(2)13-14-7-9-19(10-8-14)11-12-20-16-6-4-3-5-15(16)17/h3-6,14H,7-13,17H2,1-2H3. The Kier molecular flexibility index (Phi) is 5.68. The molecule has 0 bridgehead atoms. The molecule has 0 amide bonds. The Balaban J connectivity index is 1.65. The van der Waals surface area contributed by atoms with Crippen molar-refractivity contribution in [2.24, 2.45) is 5.92 Å². The highest BCUT2D eigenvalue weighted by Crippen LogP contribution is 2.20. The Morgan fingerprint density at radius 2 is 1.95 bits per heavy atom. The van der Waals surface area contributed by atoms with Crippen molar-refractivity contribution in [1.29, 1.82) is 0 Å². The van der Waals surface area contributed by atoms with Crippen LogP contribution >= 0.6 is 0 Å². The van der Waals surface area contributed by atoms with Crippen LogP contribution in [0.2, 0.25) is 0 Å². The first-order valence-corrected chi connectivity index (χ1v) is 7.49. The summed E-state index contributed by atoms with van der Waals surface area (Å²) in [7, 11) is 4.31. The van der Waals surface area contributed by atoms with Crippen LogP contribution in [0.25, 0.3) is 0 Å². The zero-order chi connectivity index (χ0) is 14.4. The summed E-state index contributed by atoms with van der Waals surface area (Å²) in [4.78, 5) is 4.78. The number of benzene rings is 1. The lowest BCUT2D eigenvalue weighted by molar-refractivity contribution is 0.141. The second kappa shape index (κ2) is 7.50. The lowest BCUT2D eigenvalue weighted by Gasteiger charge is -2.33. The fraction of sp³-hybridized carbons (Fsp3) is 0.625. The Bertz CT molecular complexity index is 400. The van der Waals surface area contributed by atoms with Crippen molar-refractivity contribution in [3.8, 4) is 5.75 Å². The number of hydrogen-bond acceptors (Lipinski definition) is 4. The molecule has 2 N–H and O–H groups in total. The summed E-state index contributed by atoms with van der Waals surface area (Å²) >= 11 is 0. The number of rotatable bonds is 6. The zero-order valence-electron chi connectivity index (χ0n) is 12.7. The van der Waals surface area contributed by atoms with Gasteiger partial charge in [0.1, 0.15) is 12.4 Å². The van der Waals surface area contributed by atoms with Crippen molar-refractivity contribution >= 4 is 5.69 Å². The maximum atomic E-state index is 5.86. The highest BCUT2D eigenvalue weighted by Gasteiger charge is 2.19. The van der Waals surface area contributed by atoms with E-state index in [0.717, 1.165) is 23.9 Å². The van der Waals surface area contributed by atoms with E-state index in [1.54, 1.807) is 0 Å². The molecule has 20 heavy (non-hydrogen) atoms. The van der Waals surface area contributed by atoms with E-state index in [4.69, 9.17) is 10.5 Å². The van der Waals surface area contributed by atoms with Crippen LogP contribution in [0, 0.1) is 5.92 Å². The summed E-state index contributed by atoms with van der Waals surface area (Å²) in [6.07, 6.45) is 2.59. The topological polar surface area (TPSA) is 41.7 Å². The van der Waals surface area contributed by atoms with Crippen LogP contribution < -0.4 is 10.5 Å². The molecule has 4 heteroatoms. The molecule has 1 heterocycles. The van der Waals surface area contributed by atoms with Crippen molar-refractivity contribution < 1.29 is 4.74 Å². The minimum atomic E-state index is 0.715. The molecule has 1 aromatic rings. The molecule has 1 fully saturated rings. The lowest BCUT2D eigenvalue weighted by Crippen LogP contribution is -2.39. The van der Waals surface area contributed by atoms with Crippen molar-refractivity contribution in [2.75, 3.05) is 52.6 Å². The fourth-order valence-corrected chi connectivity index (χ4v) is 2.81. The van der Waals surface area contributed by atoms with Gasteiger partial charge in [-0.2, -0.15) is 0 Å². The first-order chi connectivity index (χ1) is 9.65. The molecule has 1 saturated heterocycles. The molecule has 0 unspecified atom stereocenters. The van der Waals surface area contributed by atoms with Gasteiger partial charge in [0.2, 0.25) is 0 Å². The van der Waals surface area contributed by atoms with Crippen molar-refractivity contribution in [1.82, 2.24) is 9.80 Å². The molecule has 1 aliphatic heterocycles. The summed E-state index contributed by atoms with van der Waals surface area (Å²) in [5.74, 6) is 1.65. The van der Waals surface area contributed by atoms with E-state index in [9.17, 15) is 0 Å². The Hall–Kier alpha value is -1.26. The van der Waals surface area contributed by atoms with Gasteiger partial charge in [-0.3, -0.25) is 4.90 Å². The van der Waals surface area contributed by atoms with Gasteiger partial charge in [-0.05, 0) is 58.1 Å². The van der Waals surface area contributed by atoms with E-state index in [2.05, 4.69) is 23.9 Å². The molecule has 2 rings (SSSR count). The molecule has 112 valence electrons. The normalized spacial score (nSPS) is 17.6. The Labute approximate surface area is 122 Å². The van der Waals surface area contributed by atoms with Gasteiger partial charge in [0.15, 0.2) is 0 Å². The number of anilines is 1. The largest absolute Gasteiger partial charge is 0.490 e. The SMILES string of the molecule is CN(C)CC1CCN(CCOc2ccccc2N)CC1. The van der Waals surface area contributed by atoms with E-state index in [1.165, 1.54) is 32.5 Å². The van der Waals surface area contributed by atoms with Gasteiger partial charge in [0, 0.05) is 13.1 Å². The summed E-state index contributed by atoms with van der Waals surface area (Å²) in [5.41, 5.74) is 6.58. The van der Waals surface area contributed by atoms with Crippen LogP contribution in [0.1, 0.15) is 12.8 Å². The van der Waals surface area contributed by atoms with Crippen LogP contribution in [0.4, 0.5) is 5.69 Å². The third kappa shape index (κ3) is 4.69. The molecule has 0 atom stereocenters. The smallest absolute Gasteiger partial charge is 0.142 e. The van der Waals surface area contributed by atoms with Crippen LogP contribution in [0.3, 0.4) is 0 Å². The molecule has 0 aliphatic carbocycles. The molecule has 0 spiro atoms. The number of piperidine rings is 1. The zero-order valence-corrected chi connectivity index (χ0v) is 12.7. The first kappa shape index (κ1) is 15.1. The van der Waals surface area contributed by atoms with E-state index in [1.807, 2.05) is 24.3 Å². The van der Waals surface area contributed by atoms with Crippen LogP contribution in [0.15, 0.2) is 24.3 Å². The second-order valence-corrected chi connectivity index (χ2v) is 5.93. The Morgan fingerprint density at radius 1 is 1.25 bits per heavy atom. The van der Waals surface area contributed by atoms with Gasteiger partial charge < -0.3 is 15.4 Å². The van der Waals surface area contributed by atoms with Crippen molar-refractivity contribution in [2.45, 2.75) is 12.8 Å². The Morgan fingerprint density at radius 3 is 2.60 bits per heavy atom.